The van der Waals surface area contributed by atoms with Crippen molar-refractivity contribution in [2.45, 2.75) is 13.8 Å². The molecule has 0 saturated carbocycles. The predicted molar refractivity (Wildman–Crippen MR) is 122 cm³/mol. The molecule has 3 aromatic rings. The quantitative estimate of drug-likeness (QED) is 0.621. The first-order valence-electron chi connectivity index (χ1n) is 10.6. The number of benzene rings is 2. The fourth-order valence-electron chi connectivity index (χ4n) is 3.65. The maximum absolute atomic E-state index is 12.5. The smallest absolute Gasteiger partial charge is 0.260 e. The summed E-state index contributed by atoms with van der Waals surface area (Å²) in [4.78, 5) is 16.5. The minimum absolute atomic E-state index is 0.0802. The minimum Gasteiger partial charge on any atom is -0.482 e. The lowest BCUT2D eigenvalue weighted by atomic mass is 10.0. The highest BCUT2D eigenvalue weighted by molar-refractivity contribution is 5.78. The van der Waals surface area contributed by atoms with Gasteiger partial charge in [-0.05, 0) is 55.3 Å². The van der Waals surface area contributed by atoms with Gasteiger partial charge in [0.25, 0.3) is 5.91 Å². The zero-order valence-electron chi connectivity index (χ0n) is 18.3. The van der Waals surface area contributed by atoms with Crippen LogP contribution in [0.25, 0.3) is 11.3 Å². The molecule has 32 heavy (non-hydrogen) atoms. The summed E-state index contributed by atoms with van der Waals surface area (Å²) in [5.74, 6) is 1.15. The Bertz CT molecular complexity index is 1150. The molecule has 0 N–H and O–H groups in total. The van der Waals surface area contributed by atoms with E-state index in [1.165, 1.54) is 11.1 Å². The van der Waals surface area contributed by atoms with Gasteiger partial charge in [-0.2, -0.15) is 5.26 Å². The van der Waals surface area contributed by atoms with E-state index in [0.717, 1.165) is 17.1 Å². The van der Waals surface area contributed by atoms with Crippen molar-refractivity contribution in [1.82, 2.24) is 15.1 Å². The Kier molecular flexibility index (Phi) is 6.31. The molecule has 0 bridgehead atoms. The Morgan fingerprint density at radius 3 is 2.47 bits per heavy atom. The van der Waals surface area contributed by atoms with Gasteiger partial charge in [-0.3, -0.25) is 4.79 Å². The number of carbonyl (C=O) groups is 1. The van der Waals surface area contributed by atoms with E-state index in [4.69, 9.17) is 10.00 Å². The zero-order chi connectivity index (χ0) is 22.5. The summed E-state index contributed by atoms with van der Waals surface area (Å²) in [7, 11) is 0. The number of hydrogen-bond acceptors (Lipinski definition) is 6. The van der Waals surface area contributed by atoms with Crippen molar-refractivity contribution in [2.24, 2.45) is 0 Å². The van der Waals surface area contributed by atoms with Crippen molar-refractivity contribution in [1.29, 1.82) is 5.26 Å². The molecule has 7 heteroatoms. The van der Waals surface area contributed by atoms with Crippen LogP contribution in [0.3, 0.4) is 0 Å². The lowest BCUT2D eigenvalue weighted by molar-refractivity contribution is -0.133. The van der Waals surface area contributed by atoms with Crippen molar-refractivity contribution >= 4 is 11.7 Å². The highest BCUT2D eigenvalue weighted by atomic mass is 16.5. The molecule has 0 unspecified atom stereocenters. The first-order chi connectivity index (χ1) is 15.5. The Hall–Kier alpha value is -3.92. The topological polar surface area (TPSA) is 82.4 Å². The maximum atomic E-state index is 12.5. The van der Waals surface area contributed by atoms with E-state index in [2.05, 4.69) is 53.2 Å². The number of carbonyl (C=O) groups excluding carboxylic acids is 1. The van der Waals surface area contributed by atoms with Gasteiger partial charge in [-0.15, -0.1) is 10.2 Å². The van der Waals surface area contributed by atoms with Crippen LogP contribution in [0.5, 0.6) is 5.75 Å². The standard InChI is InChI=1S/C25H25N5O2/c1-18-7-8-20(15-19(18)2)22-9-10-24(28-27-22)29-11-13-30(14-12-29)25(31)17-32-23-6-4-3-5-21(23)16-26/h3-10,15H,11-14,17H2,1-2H3. The van der Waals surface area contributed by atoms with E-state index in [1.54, 1.807) is 29.2 Å². The Labute approximate surface area is 187 Å². The molecule has 1 amide bonds. The van der Waals surface area contributed by atoms with Crippen LogP contribution in [0.1, 0.15) is 16.7 Å². The van der Waals surface area contributed by atoms with Crippen molar-refractivity contribution in [3.8, 4) is 23.1 Å². The Morgan fingerprint density at radius 1 is 1.00 bits per heavy atom. The van der Waals surface area contributed by atoms with Crippen LogP contribution in [0, 0.1) is 25.2 Å². The minimum atomic E-state index is -0.0893. The molecule has 162 valence electrons. The molecule has 7 nitrogen and oxygen atoms in total. The summed E-state index contributed by atoms with van der Waals surface area (Å²) in [6, 6.07) is 19.3. The third kappa shape index (κ3) is 4.70. The molecule has 2 heterocycles. The van der Waals surface area contributed by atoms with Crippen LogP contribution >= 0.6 is 0 Å². The number of anilines is 1. The highest BCUT2D eigenvalue weighted by Crippen LogP contribution is 2.22. The number of nitrogens with zero attached hydrogens (tertiary/aromatic N) is 5. The van der Waals surface area contributed by atoms with Gasteiger partial charge in [0.05, 0.1) is 11.3 Å². The number of amides is 1. The molecule has 1 saturated heterocycles. The van der Waals surface area contributed by atoms with Crippen LogP contribution in [-0.4, -0.2) is 53.8 Å². The first-order valence-corrected chi connectivity index (χ1v) is 10.6. The number of aryl methyl sites for hydroxylation is 2. The summed E-state index contributed by atoms with van der Waals surface area (Å²) in [6.07, 6.45) is 0. The van der Waals surface area contributed by atoms with Gasteiger partial charge in [0, 0.05) is 31.7 Å². The summed E-state index contributed by atoms with van der Waals surface area (Å²) in [5.41, 5.74) is 4.81. The molecule has 0 spiro atoms. The molecule has 4 rings (SSSR count). The van der Waals surface area contributed by atoms with Gasteiger partial charge in [-0.25, -0.2) is 0 Å². The maximum Gasteiger partial charge on any atom is 0.260 e. The third-order valence-corrected chi connectivity index (χ3v) is 5.77. The number of rotatable bonds is 5. The molecular formula is C25H25N5O2. The van der Waals surface area contributed by atoms with Crippen molar-refractivity contribution < 1.29 is 9.53 Å². The van der Waals surface area contributed by atoms with E-state index < -0.39 is 0 Å². The van der Waals surface area contributed by atoms with Crippen molar-refractivity contribution in [3.63, 3.8) is 0 Å². The lowest BCUT2D eigenvalue weighted by Gasteiger charge is -2.35. The van der Waals surface area contributed by atoms with E-state index in [1.807, 2.05) is 12.1 Å². The normalized spacial score (nSPS) is 13.5. The molecule has 1 fully saturated rings. The molecule has 0 aliphatic carbocycles. The van der Waals surface area contributed by atoms with Crippen LogP contribution in [0.2, 0.25) is 0 Å². The average Bonchev–Trinajstić information content (AvgIpc) is 2.84. The average molecular weight is 428 g/mol. The van der Waals surface area contributed by atoms with Crippen LogP contribution in [0.4, 0.5) is 5.82 Å². The summed E-state index contributed by atoms with van der Waals surface area (Å²) in [6.45, 7) is 6.63. The van der Waals surface area contributed by atoms with Crippen molar-refractivity contribution in [3.05, 3.63) is 71.3 Å². The fourth-order valence-corrected chi connectivity index (χ4v) is 3.65. The fraction of sp³-hybridized carbons (Fsp3) is 0.280. The van der Waals surface area contributed by atoms with Crippen molar-refractivity contribution in [2.75, 3.05) is 37.7 Å². The van der Waals surface area contributed by atoms with E-state index in [-0.39, 0.29) is 12.5 Å². The number of para-hydroxylation sites is 1. The van der Waals surface area contributed by atoms with Gasteiger partial charge < -0.3 is 14.5 Å². The van der Waals surface area contributed by atoms with Crippen LogP contribution in [-0.2, 0) is 4.79 Å². The van der Waals surface area contributed by atoms with Crippen LogP contribution < -0.4 is 9.64 Å². The predicted octanol–water partition coefficient (Wildman–Crippen LogP) is 3.36. The number of aromatic nitrogens is 2. The summed E-state index contributed by atoms with van der Waals surface area (Å²) < 4.78 is 5.58. The monoisotopic (exact) mass is 427 g/mol. The molecule has 1 aliphatic heterocycles. The second-order valence-electron chi connectivity index (χ2n) is 7.84. The van der Waals surface area contributed by atoms with E-state index in [0.29, 0.717) is 37.5 Å². The largest absolute Gasteiger partial charge is 0.482 e. The second-order valence-corrected chi connectivity index (χ2v) is 7.84. The first kappa shape index (κ1) is 21.3. The van der Waals surface area contributed by atoms with Crippen LogP contribution in [0.15, 0.2) is 54.6 Å². The molecule has 2 aromatic carbocycles. The van der Waals surface area contributed by atoms with Gasteiger partial charge in [-0.1, -0.05) is 24.3 Å². The second kappa shape index (κ2) is 9.48. The molecule has 0 atom stereocenters. The molecule has 1 aromatic heterocycles. The van der Waals surface area contributed by atoms with E-state index >= 15 is 0 Å². The number of piperazine rings is 1. The molecule has 1 aliphatic rings. The van der Waals surface area contributed by atoms with Gasteiger partial charge in [0.15, 0.2) is 12.4 Å². The zero-order valence-corrected chi connectivity index (χ0v) is 18.3. The van der Waals surface area contributed by atoms with E-state index in [9.17, 15) is 4.79 Å². The Morgan fingerprint density at radius 2 is 1.78 bits per heavy atom. The number of ether oxygens (including phenoxy) is 1. The Balaban J connectivity index is 1.32. The summed E-state index contributed by atoms with van der Waals surface area (Å²) >= 11 is 0. The summed E-state index contributed by atoms with van der Waals surface area (Å²) in [5, 5.41) is 18.0. The van der Waals surface area contributed by atoms with Gasteiger partial charge >= 0.3 is 0 Å². The number of hydrogen-bond donors (Lipinski definition) is 0. The van der Waals surface area contributed by atoms with Gasteiger partial charge in [0.1, 0.15) is 11.8 Å². The highest BCUT2D eigenvalue weighted by Gasteiger charge is 2.22. The molecule has 0 radical (unpaired) electrons. The van der Waals surface area contributed by atoms with Gasteiger partial charge in [0.2, 0.25) is 0 Å². The SMILES string of the molecule is Cc1ccc(-c2ccc(N3CCN(C(=O)COc4ccccc4C#N)CC3)nn2)cc1C. The lowest BCUT2D eigenvalue weighted by Crippen LogP contribution is -2.50. The number of nitriles is 1. The third-order valence-electron chi connectivity index (χ3n) is 5.77. The molecular weight excluding hydrogens is 402 g/mol.